The second-order valence-corrected chi connectivity index (χ2v) is 6.76. The third-order valence-corrected chi connectivity index (χ3v) is 5.17. The zero-order chi connectivity index (χ0) is 18.2. The van der Waals surface area contributed by atoms with E-state index in [4.69, 9.17) is 9.47 Å². The fourth-order valence-electron chi connectivity index (χ4n) is 3.73. The third-order valence-electron chi connectivity index (χ3n) is 5.17. The van der Waals surface area contributed by atoms with Gasteiger partial charge in [0.1, 0.15) is 0 Å². The summed E-state index contributed by atoms with van der Waals surface area (Å²) in [5, 5.41) is 7.69. The molecule has 6 heteroatoms. The number of rotatable bonds is 2. The molecule has 3 aromatic rings. The lowest BCUT2D eigenvalue weighted by Gasteiger charge is -2.20. The molecule has 1 aromatic heterocycles. The number of fused-ring (bicyclic) bond motifs is 2. The Morgan fingerprint density at radius 1 is 1.00 bits per heavy atom. The Kier molecular flexibility index (Phi) is 3.81. The predicted molar refractivity (Wildman–Crippen MR) is 99.9 cm³/mol. The van der Waals surface area contributed by atoms with Gasteiger partial charge in [-0.1, -0.05) is 30.3 Å². The third kappa shape index (κ3) is 2.83. The topological polar surface area (TPSA) is 67.5 Å². The molecule has 3 heterocycles. The molecule has 0 spiro atoms. The summed E-state index contributed by atoms with van der Waals surface area (Å²) in [6.07, 6.45) is 1.55. The molecule has 5 rings (SSSR count). The van der Waals surface area contributed by atoms with Crippen molar-refractivity contribution in [2.75, 3.05) is 19.9 Å². The van der Waals surface area contributed by atoms with Crippen LogP contribution in [0, 0.1) is 0 Å². The summed E-state index contributed by atoms with van der Waals surface area (Å²) in [6.45, 7) is 1.54. The first-order chi connectivity index (χ1) is 13.3. The summed E-state index contributed by atoms with van der Waals surface area (Å²) >= 11 is 0. The average molecular weight is 361 g/mol. The predicted octanol–water partition coefficient (Wildman–Crippen LogP) is 3.05. The second kappa shape index (κ2) is 6.46. The molecule has 0 bridgehead atoms. The number of nitrogens with one attached hydrogen (secondary N) is 1. The van der Waals surface area contributed by atoms with Crippen molar-refractivity contribution >= 4 is 5.91 Å². The number of carbonyl (C=O) groups is 1. The molecule has 1 N–H and O–H groups in total. The molecular formula is C21H19N3O3. The summed E-state index contributed by atoms with van der Waals surface area (Å²) in [4.78, 5) is 14.9. The molecule has 0 aliphatic carbocycles. The van der Waals surface area contributed by atoms with Crippen LogP contribution >= 0.6 is 0 Å². The maximum atomic E-state index is 13.0. The van der Waals surface area contributed by atoms with Crippen LogP contribution in [0.1, 0.15) is 21.6 Å². The maximum absolute atomic E-state index is 13.0. The zero-order valence-corrected chi connectivity index (χ0v) is 14.8. The molecule has 0 atom stereocenters. The minimum Gasteiger partial charge on any atom is -0.454 e. The first-order valence-corrected chi connectivity index (χ1v) is 9.10. The fraction of sp³-hybridized carbons (Fsp3) is 0.238. The number of carbonyl (C=O) groups excluding carboxylic acids is 1. The van der Waals surface area contributed by atoms with Crippen molar-refractivity contribution < 1.29 is 14.3 Å². The van der Waals surface area contributed by atoms with Gasteiger partial charge in [0.15, 0.2) is 11.5 Å². The molecule has 27 heavy (non-hydrogen) atoms. The summed E-state index contributed by atoms with van der Waals surface area (Å²) in [7, 11) is 0. The number of aromatic amines is 1. The summed E-state index contributed by atoms with van der Waals surface area (Å²) in [6, 6.07) is 15.5. The van der Waals surface area contributed by atoms with E-state index in [1.54, 1.807) is 18.2 Å². The largest absolute Gasteiger partial charge is 0.454 e. The van der Waals surface area contributed by atoms with E-state index in [2.05, 4.69) is 22.3 Å². The van der Waals surface area contributed by atoms with E-state index < -0.39 is 0 Å². The van der Waals surface area contributed by atoms with Crippen LogP contribution in [0.15, 0.2) is 48.5 Å². The summed E-state index contributed by atoms with van der Waals surface area (Å²) < 4.78 is 10.7. The smallest absolute Gasteiger partial charge is 0.254 e. The van der Waals surface area contributed by atoms with E-state index in [0.29, 0.717) is 30.2 Å². The summed E-state index contributed by atoms with van der Waals surface area (Å²) in [5.41, 5.74) is 5.05. The van der Waals surface area contributed by atoms with Crippen molar-refractivity contribution in [1.82, 2.24) is 15.1 Å². The van der Waals surface area contributed by atoms with Crippen LogP contribution in [0.2, 0.25) is 0 Å². The molecule has 0 saturated carbocycles. The van der Waals surface area contributed by atoms with Crippen LogP contribution in [-0.2, 0) is 12.8 Å². The molecule has 0 saturated heterocycles. The van der Waals surface area contributed by atoms with Crippen molar-refractivity contribution in [3.8, 4) is 22.8 Å². The van der Waals surface area contributed by atoms with Gasteiger partial charge in [-0.2, -0.15) is 5.10 Å². The summed E-state index contributed by atoms with van der Waals surface area (Å²) in [5.74, 6) is 1.35. The maximum Gasteiger partial charge on any atom is 0.254 e. The van der Waals surface area contributed by atoms with Gasteiger partial charge in [-0.3, -0.25) is 9.89 Å². The van der Waals surface area contributed by atoms with Crippen LogP contribution < -0.4 is 9.47 Å². The SMILES string of the molecule is O=C(c1ccc2c(c1)OCO2)N1CCc2[nH]nc(-c3ccccc3)c2CC1. The standard InChI is InChI=1S/C21H19N3O3/c25-21(15-6-7-18-19(12-15)27-13-26-18)24-10-8-16-17(9-11-24)22-23-20(16)14-4-2-1-3-5-14/h1-7,12H,8-11,13H2,(H,22,23). The number of H-pyrrole nitrogens is 1. The van der Waals surface area contributed by atoms with E-state index in [0.717, 1.165) is 29.8 Å². The molecule has 2 aliphatic rings. The lowest BCUT2D eigenvalue weighted by molar-refractivity contribution is 0.0762. The van der Waals surface area contributed by atoms with Crippen LogP contribution in [0.5, 0.6) is 11.5 Å². The minimum atomic E-state index is 0.0210. The second-order valence-electron chi connectivity index (χ2n) is 6.76. The van der Waals surface area contributed by atoms with Gasteiger partial charge in [-0.15, -0.1) is 0 Å². The van der Waals surface area contributed by atoms with E-state index in [1.165, 1.54) is 5.56 Å². The lowest BCUT2D eigenvalue weighted by Crippen LogP contribution is -2.33. The van der Waals surface area contributed by atoms with Gasteiger partial charge in [0.2, 0.25) is 6.79 Å². The highest BCUT2D eigenvalue weighted by atomic mass is 16.7. The average Bonchev–Trinajstić information content (AvgIpc) is 3.29. The van der Waals surface area contributed by atoms with Crippen LogP contribution in [0.4, 0.5) is 0 Å². The molecule has 6 nitrogen and oxygen atoms in total. The van der Waals surface area contributed by atoms with Crippen molar-refractivity contribution in [2.24, 2.45) is 0 Å². The molecule has 136 valence electrons. The van der Waals surface area contributed by atoms with Gasteiger partial charge in [-0.25, -0.2) is 0 Å². The molecule has 0 radical (unpaired) electrons. The van der Waals surface area contributed by atoms with E-state index in [9.17, 15) is 4.79 Å². The monoisotopic (exact) mass is 361 g/mol. The molecular weight excluding hydrogens is 342 g/mol. The van der Waals surface area contributed by atoms with Gasteiger partial charge >= 0.3 is 0 Å². The number of aromatic nitrogens is 2. The van der Waals surface area contributed by atoms with Gasteiger partial charge in [0, 0.05) is 41.9 Å². The van der Waals surface area contributed by atoms with Crippen LogP contribution in [0.3, 0.4) is 0 Å². The highest BCUT2D eigenvalue weighted by Gasteiger charge is 2.25. The number of amides is 1. The van der Waals surface area contributed by atoms with Gasteiger partial charge < -0.3 is 14.4 Å². The Morgan fingerprint density at radius 3 is 2.70 bits per heavy atom. The normalized spacial score (nSPS) is 15.3. The number of hydrogen-bond acceptors (Lipinski definition) is 4. The Bertz CT molecular complexity index is 997. The Labute approximate surface area is 156 Å². The number of benzene rings is 2. The van der Waals surface area contributed by atoms with Crippen molar-refractivity contribution in [1.29, 1.82) is 0 Å². The first kappa shape index (κ1) is 15.9. The zero-order valence-electron chi connectivity index (χ0n) is 14.8. The van der Waals surface area contributed by atoms with Crippen molar-refractivity contribution in [3.05, 3.63) is 65.4 Å². The molecule has 2 aromatic carbocycles. The van der Waals surface area contributed by atoms with E-state index >= 15 is 0 Å². The highest BCUT2D eigenvalue weighted by Crippen LogP contribution is 2.33. The lowest BCUT2D eigenvalue weighted by atomic mass is 10.0. The number of nitrogens with zero attached hydrogens (tertiary/aromatic N) is 2. The van der Waals surface area contributed by atoms with Gasteiger partial charge in [0.25, 0.3) is 5.91 Å². The number of ether oxygens (including phenoxy) is 2. The van der Waals surface area contributed by atoms with Crippen molar-refractivity contribution in [3.63, 3.8) is 0 Å². The first-order valence-electron chi connectivity index (χ1n) is 9.10. The Hall–Kier alpha value is -3.28. The molecule has 0 fully saturated rings. The number of hydrogen-bond donors (Lipinski definition) is 1. The van der Waals surface area contributed by atoms with Gasteiger partial charge in [-0.05, 0) is 24.6 Å². The minimum absolute atomic E-state index is 0.0210. The Morgan fingerprint density at radius 2 is 1.81 bits per heavy atom. The quantitative estimate of drug-likeness (QED) is 0.762. The van der Waals surface area contributed by atoms with E-state index in [1.807, 2.05) is 23.1 Å². The van der Waals surface area contributed by atoms with E-state index in [-0.39, 0.29) is 12.7 Å². The fourth-order valence-corrected chi connectivity index (χ4v) is 3.73. The van der Waals surface area contributed by atoms with Crippen LogP contribution in [0.25, 0.3) is 11.3 Å². The molecule has 0 unspecified atom stereocenters. The molecule has 1 amide bonds. The van der Waals surface area contributed by atoms with Gasteiger partial charge in [0.05, 0.1) is 5.69 Å². The molecule has 2 aliphatic heterocycles. The van der Waals surface area contributed by atoms with Crippen LogP contribution in [-0.4, -0.2) is 40.9 Å². The van der Waals surface area contributed by atoms with Crippen molar-refractivity contribution in [2.45, 2.75) is 12.8 Å². The Balaban J connectivity index is 1.37. The highest BCUT2D eigenvalue weighted by molar-refractivity contribution is 5.95.